The van der Waals surface area contributed by atoms with Gasteiger partial charge in [-0.3, -0.25) is 4.79 Å². The zero-order valence-corrected chi connectivity index (χ0v) is 13.3. The van der Waals surface area contributed by atoms with Crippen molar-refractivity contribution in [2.75, 3.05) is 20.1 Å². The molecule has 3 heterocycles. The van der Waals surface area contributed by atoms with Crippen molar-refractivity contribution < 1.29 is 4.79 Å². The quantitative estimate of drug-likeness (QED) is 0.733. The molecule has 0 atom stereocenters. The second kappa shape index (κ2) is 7.20. The Morgan fingerprint density at radius 2 is 1.83 bits per heavy atom. The summed E-state index contributed by atoms with van der Waals surface area (Å²) in [6, 6.07) is 11.5. The van der Waals surface area contributed by atoms with E-state index in [2.05, 4.69) is 21.9 Å². The third kappa shape index (κ3) is 3.66. The van der Waals surface area contributed by atoms with Crippen molar-refractivity contribution in [2.24, 2.45) is 0 Å². The lowest BCUT2D eigenvalue weighted by atomic mass is 10.0. The number of likely N-dealkylation sites (tertiary alicyclic amines) is 1. The van der Waals surface area contributed by atoms with Crippen LogP contribution in [0.1, 0.15) is 23.2 Å². The van der Waals surface area contributed by atoms with E-state index >= 15 is 0 Å². The minimum atomic E-state index is 0.688. The summed E-state index contributed by atoms with van der Waals surface area (Å²) < 4.78 is 0. The first kappa shape index (κ1) is 15.4. The van der Waals surface area contributed by atoms with Gasteiger partial charge in [-0.15, -0.1) is 0 Å². The van der Waals surface area contributed by atoms with Crippen LogP contribution >= 0.6 is 0 Å². The van der Waals surface area contributed by atoms with Crippen LogP contribution in [0, 0.1) is 0 Å². The molecule has 0 radical (unpaired) electrons. The number of aldehydes is 1. The van der Waals surface area contributed by atoms with Crippen LogP contribution in [0.15, 0.2) is 48.8 Å². The summed E-state index contributed by atoms with van der Waals surface area (Å²) in [5.41, 5.74) is 3.77. The number of carbonyl (C=O) groups is 1. The summed E-state index contributed by atoms with van der Waals surface area (Å²) in [5.74, 6) is 0. The molecule has 0 amide bonds. The normalized spacial score (nSPS) is 14.5. The molecular weight excluding hydrogens is 286 g/mol. The predicted molar refractivity (Wildman–Crippen MR) is 93.6 cm³/mol. The number of nitrogens with zero attached hydrogens (tertiary/aromatic N) is 2. The molecule has 0 aliphatic carbocycles. The Bertz CT molecular complexity index is 771. The number of pyridine rings is 1. The van der Waals surface area contributed by atoms with E-state index < -0.39 is 0 Å². The largest absolute Gasteiger partial charge is 0.346 e. The minimum absolute atomic E-state index is 0.688. The number of hydrogen-bond donors (Lipinski definition) is 1. The van der Waals surface area contributed by atoms with Crippen LogP contribution in [-0.2, 0) is 0 Å². The molecule has 1 aromatic carbocycles. The van der Waals surface area contributed by atoms with Crippen molar-refractivity contribution in [1.29, 1.82) is 0 Å². The van der Waals surface area contributed by atoms with E-state index in [0.29, 0.717) is 5.56 Å². The lowest BCUT2D eigenvalue weighted by molar-refractivity contribution is 0.112. The Balaban J connectivity index is 0.000000220. The van der Waals surface area contributed by atoms with Crippen LogP contribution in [0.5, 0.6) is 0 Å². The zero-order valence-electron chi connectivity index (χ0n) is 13.3. The van der Waals surface area contributed by atoms with Gasteiger partial charge in [0.1, 0.15) is 11.9 Å². The molecular formula is C19H21N3O. The summed E-state index contributed by atoms with van der Waals surface area (Å²) in [7, 11) is 2.17. The van der Waals surface area contributed by atoms with Crippen molar-refractivity contribution in [3.8, 4) is 11.1 Å². The fourth-order valence-electron chi connectivity index (χ4n) is 2.83. The van der Waals surface area contributed by atoms with Crippen LogP contribution in [0.2, 0.25) is 0 Å². The van der Waals surface area contributed by atoms with Gasteiger partial charge >= 0.3 is 0 Å². The van der Waals surface area contributed by atoms with Gasteiger partial charge in [-0.25, -0.2) is 4.98 Å². The molecule has 4 rings (SSSR count). The van der Waals surface area contributed by atoms with E-state index in [-0.39, 0.29) is 0 Å². The summed E-state index contributed by atoms with van der Waals surface area (Å²) in [5, 5.41) is 1.09. The SMILES string of the molecule is CN1CCCC1.O=Cc1ccc(-c2ccnc3[nH]ccc23)cc1. The van der Waals surface area contributed by atoms with E-state index in [1.165, 1.54) is 25.9 Å². The second-order valence-corrected chi connectivity index (χ2v) is 5.85. The Labute approximate surface area is 136 Å². The molecule has 1 fully saturated rings. The molecule has 3 aromatic rings. The van der Waals surface area contributed by atoms with Gasteiger partial charge in [-0.1, -0.05) is 24.3 Å². The monoisotopic (exact) mass is 307 g/mol. The van der Waals surface area contributed by atoms with Gasteiger partial charge in [-0.2, -0.15) is 0 Å². The lowest BCUT2D eigenvalue weighted by Crippen LogP contribution is -2.10. The highest BCUT2D eigenvalue weighted by molar-refractivity contribution is 5.93. The van der Waals surface area contributed by atoms with Gasteiger partial charge in [0.05, 0.1) is 0 Å². The van der Waals surface area contributed by atoms with Crippen molar-refractivity contribution in [3.05, 3.63) is 54.4 Å². The van der Waals surface area contributed by atoms with Gasteiger partial charge in [-0.05, 0) is 56.2 Å². The summed E-state index contributed by atoms with van der Waals surface area (Å²) >= 11 is 0. The third-order valence-electron chi connectivity index (χ3n) is 4.15. The van der Waals surface area contributed by atoms with Gasteiger partial charge in [0.15, 0.2) is 0 Å². The number of aromatic amines is 1. The first-order valence-electron chi connectivity index (χ1n) is 7.94. The smallest absolute Gasteiger partial charge is 0.150 e. The highest BCUT2D eigenvalue weighted by atomic mass is 16.1. The first-order chi connectivity index (χ1) is 11.3. The number of fused-ring (bicyclic) bond motifs is 1. The summed E-state index contributed by atoms with van der Waals surface area (Å²) in [6.45, 7) is 2.64. The van der Waals surface area contributed by atoms with Crippen LogP contribution < -0.4 is 0 Å². The molecule has 1 N–H and O–H groups in total. The van der Waals surface area contributed by atoms with Crippen molar-refractivity contribution in [1.82, 2.24) is 14.9 Å². The molecule has 4 nitrogen and oxygen atoms in total. The Morgan fingerprint density at radius 1 is 1.09 bits per heavy atom. The Hall–Kier alpha value is -2.46. The maximum atomic E-state index is 10.6. The molecule has 1 aliphatic rings. The van der Waals surface area contributed by atoms with E-state index in [0.717, 1.165) is 28.4 Å². The molecule has 4 heteroatoms. The van der Waals surface area contributed by atoms with Crippen LogP contribution in [0.25, 0.3) is 22.2 Å². The molecule has 0 bridgehead atoms. The van der Waals surface area contributed by atoms with Crippen LogP contribution in [-0.4, -0.2) is 41.3 Å². The number of carbonyl (C=O) groups excluding carboxylic acids is 1. The minimum Gasteiger partial charge on any atom is -0.346 e. The molecule has 23 heavy (non-hydrogen) atoms. The second-order valence-electron chi connectivity index (χ2n) is 5.85. The summed E-state index contributed by atoms with van der Waals surface area (Å²) in [6.07, 6.45) is 7.33. The molecule has 0 unspecified atom stereocenters. The maximum Gasteiger partial charge on any atom is 0.150 e. The molecule has 1 saturated heterocycles. The van der Waals surface area contributed by atoms with Crippen LogP contribution in [0.3, 0.4) is 0 Å². The predicted octanol–water partition coefficient (Wildman–Crippen LogP) is 3.75. The van der Waals surface area contributed by atoms with E-state index in [4.69, 9.17) is 0 Å². The third-order valence-corrected chi connectivity index (χ3v) is 4.15. The highest BCUT2D eigenvalue weighted by Gasteiger charge is 2.05. The van der Waals surface area contributed by atoms with E-state index in [9.17, 15) is 4.79 Å². The lowest BCUT2D eigenvalue weighted by Gasteiger charge is -2.03. The van der Waals surface area contributed by atoms with E-state index in [1.54, 1.807) is 6.20 Å². The van der Waals surface area contributed by atoms with Crippen molar-refractivity contribution in [2.45, 2.75) is 12.8 Å². The van der Waals surface area contributed by atoms with Crippen molar-refractivity contribution >= 4 is 17.3 Å². The number of nitrogens with one attached hydrogen (secondary N) is 1. The fourth-order valence-corrected chi connectivity index (χ4v) is 2.83. The maximum absolute atomic E-state index is 10.6. The zero-order chi connectivity index (χ0) is 16.1. The highest BCUT2D eigenvalue weighted by Crippen LogP contribution is 2.26. The molecule has 118 valence electrons. The molecule has 0 spiro atoms. The average molecular weight is 307 g/mol. The molecule has 2 aromatic heterocycles. The standard InChI is InChI=1S/C14H10N2O.C5H11N/c17-9-10-1-3-11(4-2-10)12-5-7-15-14-13(12)6-8-16-14;1-6-4-2-3-5-6/h1-9H,(H,15,16);2-5H2,1H3. The van der Waals surface area contributed by atoms with Gasteiger partial charge < -0.3 is 9.88 Å². The average Bonchev–Trinajstić information content (AvgIpc) is 3.26. The Morgan fingerprint density at radius 3 is 2.43 bits per heavy atom. The number of H-pyrrole nitrogens is 1. The van der Waals surface area contributed by atoms with Gasteiger partial charge in [0.2, 0.25) is 0 Å². The number of hydrogen-bond acceptors (Lipinski definition) is 3. The van der Waals surface area contributed by atoms with Crippen LogP contribution in [0.4, 0.5) is 0 Å². The number of rotatable bonds is 2. The molecule has 0 saturated carbocycles. The number of aromatic nitrogens is 2. The van der Waals surface area contributed by atoms with E-state index in [1.807, 2.05) is 42.6 Å². The van der Waals surface area contributed by atoms with Gasteiger partial charge in [0, 0.05) is 23.3 Å². The first-order valence-corrected chi connectivity index (χ1v) is 7.94. The fraction of sp³-hybridized carbons (Fsp3) is 0.263. The topological polar surface area (TPSA) is 49.0 Å². The number of benzene rings is 1. The molecule has 1 aliphatic heterocycles. The van der Waals surface area contributed by atoms with Gasteiger partial charge in [0.25, 0.3) is 0 Å². The van der Waals surface area contributed by atoms with Crippen molar-refractivity contribution in [3.63, 3.8) is 0 Å². The summed E-state index contributed by atoms with van der Waals surface area (Å²) in [4.78, 5) is 20.3. The Kier molecular flexibility index (Phi) is 4.83.